The van der Waals surface area contributed by atoms with Gasteiger partial charge in [0.1, 0.15) is 11.8 Å². The molecule has 0 unspecified atom stereocenters. The molecular formula is C13H10ClFN4S. The number of thioether (sulfide) groups is 1. The maximum atomic E-state index is 12.6. The van der Waals surface area contributed by atoms with Crippen molar-refractivity contribution in [1.82, 2.24) is 19.6 Å². The normalized spacial score (nSPS) is 11.1. The molecule has 0 saturated heterocycles. The molecule has 3 rings (SSSR count). The third-order valence-corrected chi connectivity index (χ3v) is 3.83. The van der Waals surface area contributed by atoms with Gasteiger partial charge in [0.15, 0.2) is 0 Å². The summed E-state index contributed by atoms with van der Waals surface area (Å²) in [5.74, 6) is 1.08. The predicted molar refractivity (Wildman–Crippen MR) is 76.6 cm³/mol. The summed E-state index contributed by atoms with van der Waals surface area (Å²) < 4.78 is 14.0. The van der Waals surface area contributed by atoms with E-state index in [1.165, 1.54) is 27.9 Å². The lowest BCUT2D eigenvalue weighted by molar-refractivity contribution is 0.476. The molecule has 0 amide bonds. The second-order valence-corrected chi connectivity index (χ2v) is 5.41. The van der Waals surface area contributed by atoms with Crippen LogP contribution < -0.4 is 0 Å². The molecule has 102 valence electrons. The molecule has 0 aliphatic carbocycles. The van der Waals surface area contributed by atoms with Gasteiger partial charge in [-0.3, -0.25) is 0 Å². The summed E-state index contributed by atoms with van der Waals surface area (Å²) in [7, 11) is 0. The quantitative estimate of drug-likeness (QED) is 0.546. The van der Waals surface area contributed by atoms with Crippen molar-refractivity contribution in [3.8, 4) is 0 Å². The summed E-state index contributed by atoms with van der Waals surface area (Å²) in [6.45, 7) is -0.671. The average Bonchev–Trinajstić information content (AvgIpc) is 2.89. The zero-order valence-corrected chi connectivity index (χ0v) is 11.9. The van der Waals surface area contributed by atoms with Gasteiger partial charge in [0.25, 0.3) is 5.78 Å². The minimum Gasteiger partial charge on any atom is -0.244 e. The van der Waals surface area contributed by atoms with Crippen molar-refractivity contribution in [3.05, 3.63) is 52.8 Å². The molecule has 3 aromatic rings. The summed E-state index contributed by atoms with van der Waals surface area (Å²) >= 11 is 7.50. The lowest BCUT2D eigenvalue weighted by Gasteiger charge is -1.97. The molecule has 0 radical (unpaired) electrons. The minimum absolute atomic E-state index is 0.259. The van der Waals surface area contributed by atoms with Crippen LogP contribution in [0.2, 0.25) is 5.15 Å². The Morgan fingerprint density at radius 3 is 2.75 bits per heavy atom. The molecule has 0 atom stereocenters. The lowest BCUT2D eigenvalue weighted by atomic mass is 10.2. The van der Waals surface area contributed by atoms with Crippen LogP contribution >= 0.6 is 23.4 Å². The summed E-state index contributed by atoms with van der Waals surface area (Å²) in [5, 5.41) is 5.13. The first kappa shape index (κ1) is 13.3. The number of aromatic nitrogens is 4. The second-order valence-electron chi connectivity index (χ2n) is 4.08. The molecular weight excluding hydrogens is 299 g/mol. The number of rotatable bonds is 4. The SMILES string of the molecule is FCc1cc(Cl)n2nc(SCc3ccccc3)nc2n1. The highest BCUT2D eigenvalue weighted by atomic mass is 35.5. The van der Waals surface area contributed by atoms with Crippen molar-refractivity contribution in [2.75, 3.05) is 0 Å². The Bertz CT molecular complexity index is 732. The Hall–Kier alpha value is -1.66. The van der Waals surface area contributed by atoms with Crippen LogP contribution in [0.15, 0.2) is 41.6 Å². The highest BCUT2D eigenvalue weighted by Gasteiger charge is 2.10. The maximum Gasteiger partial charge on any atom is 0.254 e. The number of nitrogens with zero attached hydrogens (tertiary/aromatic N) is 4. The fraction of sp³-hybridized carbons (Fsp3) is 0.154. The van der Waals surface area contributed by atoms with E-state index in [4.69, 9.17) is 11.6 Å². The molecule has 4 nitrogen and oxygen atoms in total. The van der Waals surface area contributed by atoms with Crippen molar-refractivity contribution in [3.63, 3.8) is 0 Å². The zero-order chi connectivity index (χ0) is 13.9. The number of benzene rings is 1. The maximum absolute atomic E-state index is 12.6. The number of halogens is 2. The summed E-state index contributed by atoms with van der Waals surface area (Å²) in [6, 6.07) is 11.5. The van der Waals surface area contributed by atoms with Gasteiger partial charge in [-0.2, -0.15) is 9.50 Å². The Morgan fingerprint density at radius 1 is 1.20 bits per heavy atom. The van der Waals surface area contributed by atoms with E-state index >= 15 is 0 Å². The van der Waals surface area contributed by atoms with Crippen molar-refractivity contribution < 1.29 is 4.39 Å². The molecule has 2 heterocycles. The first-order valence-corrected chi connectivity index (χ1v) is 7.27. The van der Waals surface area contributed by atoms with Crippen LogP contribution in [0.4, 0.5) is 4.39 Å². The van der Waals surface area contributed by atoms with E-state index < -0.39 is 6.67 Å². The van der Waals surface area contributed by atoms with Crippen LogP contribution in [0.25, 0.3) is 5.78 Å². The van der Waals surface area contributed by atoms with E-state index in [0.717, 1.165) is 5.75 Å². The molecule has 2 aromatic heterocycles. The minimum atomic E-state index is -0.671. The first-order chi connectivity index (χ1) is 9.76. The van der Waals surface area contributed by atoms with E-state index in [1.54, 1.807) is 0 Å². The average molecular weight is 309 g/mol. The van der Waals surface area contributed by atoms with Crippen LogP contribution in [-0.2, 0) is 12.4 Å². The van der Waals surface area contributed by atoms with E-state index in [9.17, 15) is 4.39 Å². The zero-order valence-electron chi connectivity index (χ0n) is 10.3. The lowest BCUT2D eigenvalue weighted by Crippen LogP contribution is -1.96. The number of hydrogen-bond donors (Lipinski definition) is 0. The fourth-order valence-corrected chi connectivity index (χ4v) is 2.73. The Morgan fingerprint density at radius 2 is 2.00 bits per heavy atom. The Balaban J connectivity index is 1.84. The standard InChI is InChI=1S/C13H10ClFN4S/c14-11-6-10(7-15)16-12-17-13(18-19(11)12)20-8-9-4-2-1-3-5-9/h1-6H,7-8H2. The topological polar surface area (TPSA) is 43.1 Å². The summed E-state index contributed by atoms with van der Waals surface area (Å²) in [6.07, 6.45) is 0. The van der Waals surface area contributed by atoms with Gasteiger partial charge in [0.05, 0.1) is 5.69 Å². The van der Waals surface area contributed by atoms with E-state index in [1.807, 2.05) is 30.3 Å². The number of fused-ring (bicyclic) bond motifs is 1. The monoisotopic (exact) mass is 308 g/mol. The van der Waals surface area contributed by atoms with Gasteiger partial charge in [-0.1, -0.05) is 53.7 Å². The molecule has 0 spiro atoms. The molecule has 7 heteroatoms. The largest absolute Gasteiger partial charge is 0.254 e. The number of alkyl halides is 1. The highest BCUT2D eigenvalue weighted by molar-refractivity contribution is 7.98. The molecule has 0 aliphatic heterocycles. The van der Waals surface area contributed by atoms with Gasteiger partial charge in [-0.05, 0) is 11.6 Å². The molecule has 0 bridgehead atoms. The van der Waals surface area contributed by atoms with Crippen LogP contribution in [-0.4, -0.2) is 19.6 Å². The summed E-state index contributed by atoms with van der Waals surface area (Å²) in [5.41, 5.74) is 1.44. The molecule has 0 aliphatic rings. The molecule has 0 fully saturated rings. The van der Waals surface area contributed by atoms with Crippen LogP contribution in [0.5, 0.6) is 0 Å². The van der Waals surface area contributed by atoms with Gasteiger partial charge in [-0.25, -0.2) is 9.37 Å². The van der Waals surface area contributed by atoms with E-state index in [2.05, 4.69) is 15.1 Å². The van der Waals surface area contributed by atoms with Crippen molar-refractivity contribution in [2.24, 2.45) is 0 Å². The van der Waals surface area contributed by atoms with Crippen LogP contribution in [0, 0.1) is 0 Å². The third kappa shape index (κ3) is 2.76. The van der Waals surface area contributed by atoms with Crippen molar-refractivity contribution in [1.29, 1.82) is 0 Å². The van der Waals surface area contributed by atoms with Gasteiger partial charge in [0.2, 0.25) is 5.16 Å². The number of hydrogen-bond acceptors (Lipinski definition) is 4. The van der Waals surface area contributed by atoms with Crippen LogP contribution in [0.1, 0.15) is 11.3 Å². The highest BCUT2D eigenvalue weighted by Crippen LogP contribution is 2.21. The molecule has 0 N–H and O–H groups in total. The fourth-order valence-electron chi connectivity index (χ4n) is 1.71. The Kier molecular flexibility index (Phi) is 3.84. The van der Waals surface area contributed by atoms with E-state index in [0.29, 0.717) is 16.1 Å². The molecule has 0 saturated carbocycles. The van der Waals surface area contributed by atoms with Crippen LogP contribution in [0.3, 0.4) is 0 Å². The molecule has 1 aromatic carbocycles. The second kappa shape index (κ2) is 5.76. The van der Waals surface area contributed by atoms with Crippen molar-refractivity contribution >= 4 is 29.1 Å². The third-order valence-electron chi connectivity index (χ3n) is 2.65. The molecule has 20 heavy (non-hydrogen) atoms. The van der Waals surface area contributed by atoms with Gasteiger partial charge < -0.3 is 0 Å². The van der Waals surface area contributed by atoms with Crippen molar-refractivity contribution in [2.45, 2.75) is 17.6 Å². The van der Waals surface area contributed by atoms with E-state index in [-0.39, 0.29) is 5.69 Å². The summed E-state index contributed by atoms with van der Waals surface area (Å²) in [4.78, 5) is 8.30. The smallest absolute Gasteiger partial charge is 0.244 e. The van der Waals surface area contributed by atoms with Gasteiger partial charge in [-0.15, -0.1) is 5.10 Å². The predicted octanol–water partition coefficient (Wildman–Crippen LogP) is 3.54. The van der Waals surface area contributed by atoms with Gasteiger partial charge in [0, 0.05) is 5.75 Å². The first-order valence-electron chi connectivity index (χ1n) is 5.91. The van der Waals surface area contributed by atoms with Gasteiger partial charge >= 0.3 is 0 Å². The Labute approximate surface area is 124 Å².